The highest BCUT2D eigenvalue weighted by Crippen LogP contribution is 2.26. The van der Waals surface area contributed by atoms with Gasteiger partial charge < -0.3 is 9.47 Å². The molecule has 0 aromatic carbocycles. The lowest BCUT2D eigenvalue weighted by atomic mass is 10.3. The number of carbonyl (C=O) groups is 2. The van der Waals surface area contributed by atoms with E-state index in [-0.39, 0.29) is 18.0 Å². The summed E-state index contributed by atoms with van der Waals surface area (Å²) in [6.07, 6.45) is -1.31. The number of hydrogen-bond acceptors (Lipinski definition) is 5. The van der Waals surface area contributed by atoms with Crippen molar-refractivity contribution in [3.63, 3.8) is 0 Å². The van der Waals surface area contributed by atoms with Crippen molar-refractivity contribution in [2.45, 2.75) is 39.4 Å². The zero-order valence-corrected chi connectivity index (χ0v) is 11.7. The van der Waals surface area contributed by atoms with Crippen LogP contribution in [0.25, 0.3) is 0 Å². The van der Waals surface area contributed by atoms with Gasteiger partial charge >= 0.3 is 12.2 Å². The first-order valence-corrected chi connectivity index (χ1v) is 6.17. The second kappa shape index (κ2) is 7.26. The molecule has 17 heavy (non-hydrogen) atoms. The smallest absolute Gasteiger partial charge is 0.439 e. The Hall–Kier alpha value is -1.11. The van der Waals surface area contributed by atoms with Crippen LogP contribution in [-0.4, -0.2) is 34.6 Å². The van der Waals surface area contributed by atoms with E-state index in [1.54, 1.807) is 13.8 Å². The molecule has 0 atom stereocenters. The van der Waals surface area contributed by atoms with Crippen LogP contribution in [0, 0.1) is 0 Å². The van der Waals surface area contributed by atoms with Gasteiger partial charge in [-0.05, 0) is 46.6 Å². The first kappa shape index (κ1) is 15.9. The maximum atomic E-state index is 11.6. The average Bonchev–Trinajstić information content (AvgIpc) is 2.15. The zero-order valence-electron chi connectivity index (χ0n) is 10.9. The second-order valence-corrected chi connectivity index (χ2v) is 5.80. The largest absolute Gasteiger partial charge is 0.449 e. The quantitative estimate of drug-likeness (QED) is 0.626. The van der Waals surface area contributed by atoms with Crippen molar-refractivity contribution >= 4 is 24.1 Å². The lowest BCUT2D eigenvalue weighted by Crippen LogP contribution is -2.44. The summed E-state index contributed by atoms with van der Waals surface area (Å²) in [4.78, 5) is 22.8. The van der Waals surface area contributed by atoms with Gasteiger partial charge in [0.15, 0.2) is 0 Å². The predicted molar refractivity (Wildman–Crippen MR) is 66.4 cm³/mol. The minimum atomic E-state index is -0.683. The minimum Gasteiger partial charge on any atom is -0.449 e. The Labute approximate surface area is 106 Å². The summed E-state index contributed by atoms with van der Waals surface area (Å²) in [5, 5.41) is 0. The molecule has 0 heterocycles. The van der Waals surface area contributed by atoms with Crippen LogP contribution in [0.5, 0.6) is 0 Å². The number of hydrogen-bond donors (Lipinski definition) is 1. The standard InChI is InChI=1S/C10H20N2O4S/c1-6-15-8(13)11-12(9(14)16-7-2)17-10(3,4)5/h6-7H2,1-5H3,(H,11,13). The van der Waals surface area contributed by atoms with Crippen LogP contribution >= 0.6 is 11.9 Å². The molecule has 0 aliphatic rings. The van der Waals surface area contributed by atoms with E-state index in [1.165, 1.54) is 0 Å². The van der Waals surface area contributed by atoms with E-state index in [1.807, 2.05) is 20.8 Å². The van der Waals surface area contributed by atoms with Gasteiger partial charge in [0.05, 0.1) is 13.2 Å². The highest BCUT2D eigenvalue weighted by atomic mass is 32.2. The third-order valence-electron chi connectivity index (χ3n) is 1.27. The fourth-order valence-corrected chi connectivity index (χ4v) is 1.60. The van der Waals surface area contributed by atoms with Crippen molar-refractivity contribution in [2.75, 3.05) is 13.2 Å². The lowest BCUT2D eigenvalue weighted by Gasteiger charge is -2.27. The van der Waals surface area contributed by atoms with E-state index in [0.29, 0.717) is 0 Å². The van der Waals surface area contributed by atoms with E-state index < -0.39 is 12.2 Å². The van der Waals surface area contributed by atoms with Crippen LogP contribution < -0.4 is 5.43 Å². The third-order valence-corrected chi connectivity index (χ3v) is 2.24. The molecule has 0 aromatic heterocycles. The Morgan fingerprint density at radius 2 is 1.71 bits per heavy atom. The molecule has 0 saturated heterocycles. The summed E-state index contributed by atoms with van der Waals surface area (Å²) in [6.45, 7) is 9.60. The molecule has 0 saturated carbocycles. The molecule has 7 heteroatoms. The lowest BCUT2D eigenvalue weighted by molar-refractivity contribution is 0.106. The summed E-state index contributed by atoms with van der Waals surface area (Å²) in [6, 6.07) is 0. The molecule has 6 nitrogen and oxygen atoms in total. The van der Waals surface area contributed by atoms with Crippen LogP contribution in [0.2, 0.25) is 0 Å². The highest BCUT2D eigenvalue weighted by molar-refractivity contribution is 7.98. The van der Waals surface area contributed by atoms with Crippen molar-refractivity contribution in [3.8, 4) is 0 Å². The van der Waals surface area contributed by atoms with E-state index in [0.717, 1.165) is 16.4 Å². The Bertz CT molecular complexity index is 266. The molecule has 0 aliphatic heterocycles. The Balaban J connectivity index is 4.50. The highest BCUT2D eigenvalue weighted by Gasteiger charge is 2.25. The molecule has 0 bridgehead atoms. The summed E-state index contributed by atoms with van der Waals surface area (Å²) in [5.74, 6) is 0. The number of carbonyl (C=O) groups excluding carboxylic acids is 2. The van der Waals surface area contributed by atoms with Crippen LogP contribution in [0.3, 0.4) is 0 Å². The SMILES string of the molecule is CCOC(=O)NN(SC(C)(C)C)C(=O)OCC. The molecule has 0 fully saturated rings. The number of hydrazine groups is 1. The number of nitrogens with zero attached hydrogens (tertiary/aromatic N) is 1. The van der Waals surface area contributed by atoms with Crippen LogP contribution in [0.4, 0.5) is 9.59 Å². The normalized spacial score (nSPS) is 10.6. The molecular formula is C10H20N2O4S. The van der Waals surface area contributed by atoms with Gasteiger partial charge in [-0.3, -0.25) is 0 Å². The molecular weight excluding hydrogens is 244 g/mol. The monoisotopic (exact) mass is 264 g/mol. The first-order chi connectivity index (χ1) is 7.80. The Morgan fingerprint density at radius 1 is 1.18 bits per heavy atom. The van der Waals surface area contributed by atoms with E-state index in [2.05, 4.69) is 5.43 Å². The van der Waals surface area contributed by atoms with Crippen molar-refractivity contribution in [1.29, 1.82) is 0 Å². The van der Waals surface area contributed by atoms with Crippen molar-refractivity contribution < 1.29 is 19.1 Å². The van der Waals surface area contributed by atoms with Crippen molar-refractivity contribution in [2.24, 2.45) is 0 Å². The van der Waals surface area contributed by atoms with Gasteiger partial charge in [0.2, 0.25) is 0 Å². The van der Waals surface area contributed by atoms with Gasteiger partial charge in [0.1, 0.15) is 0 Å². The predicted octanol–water partition coefficient (Wildman–Crippen LogP) is 2.55. The minimum absolute atomic E-state index is 0.239. The molecule has 0 aliphatic carbocycles. The molecule has 100 valence electrons. The van der Waals surface area contributed by atoms with Crippen LogP contribution in [0.1, 0.15) is 34.6 Å². The maximum Gasteiger partial charge on any atom is 0.439 e. The third kappa shape index (κ3) is 7.73. The molecule has 1 N–H and O–H groups in total. The number of rotatable bonds is 3. The number of amides is 2. The van der Waals surface area contributed by atoms with Crippen LogP contribution in [0.15, 0.2) is 0 Å². The van der Waals surface area contributed by atoms with Gasteiger partial charge in [-0.25, -0.2) is 15.0 Å². The van der Waals surface area contributed by atoms with Gasteiger partial charge in [-0.15, -0.1) is 0 Å². The van der Waals surface area contributed by atoms with E-state index in [4.69, 9.17) is 9.47 Å². The van der Waals surface area contributed by atoms with Crippen molar-refractivity contribution in [3.05, 3.63) is 0 Å². The molecule has 0 spiro atoms. The summed E-state index contributed by atoms with van der Waals surface area (Å²) in [7, 11) is 0. The summed E-state index contributed by atoms with van der Waals surface area (Å²) >= 11 is 1.15. The molecule has 0 radical (unpaired) electrons. The fourth-order valence-electron chi connectivity index (χ4n) is 0.808. The topological polar surface area (TPSA) is 67.9 Å². The van der Waals surface area contributed by atoms with Crippen LogP contribution in [-0.2, 0) is 9.47 Å². The summed E-state index contributed by atoms with van der Waals surface area (Å²) < 4.78 is 10.3. The zero-order chi connectivity index (χ0) is 13.5. The maximum absolute atomic E-state index is 11.6. The Kier molecular flexibility index (Phi) is 6.79. The van der Waals surface area contributed by atoms with E-state index >= 15 is 0 Å². The summed E-state index contributed by atoms with van der Waals surface area (Å²) in [5.41, 5.74) is 2.32. The molecule has 0 aromatic rings. The molecule has 0 rings (SSSR count). The fraction of sp³-hybridized carbons (Fsp3) is 0.800. The average molecular weight is 264 g/mol. The Morgan fingerprint density at radius 3 is 2.12 bits per heavy atom. The van der Waals surface area contributed by atoms with Gasteiger partial charge in [-0.1, -0.05) is 0 Å². The van der Waals surface area contributed by atoms with Crippen molar-refractivity contribution in [1.82, 2.24) is 9.84 Å². The molecule has 0 unspecified atom stereocenters. The number of ether oxygens (including phenoxy) is 2. The first-order valence-electron chi connectivity index (χ1n) is 5.39. The number of nitrogens with one attached hydrogen (secondary N) is 1. The van der Waals surface area contributed by atoms with E-state index in [9.17, 15) is 9.59 Å². The van der Waals surface area contributed by atoms with Gasteiger partial charge in [-0.2, -0.15) is 4.41 Å². The van der Waals surface area contributed by atoms with Gasteiger partial charge in [0.25, 0.3) is 0 Å². The molecule has 2 amide bonds. The second-order valence-electron chi connectivity index (χ2n) is 4.03. The van der Waals surface area contributed by atoms with Gasteiger partial charge in [0, 0.05) is 4.75 Å².